The van der Waals surface area contributed by atoms with Gasteiger partial charge in [0.2, 0.25) is 11.8 Å². The van der Waals surface area contributed by atoms with Crippen LogP contribution in [0, 0.1) is 11.8 Å². The summed E-state index contributed by atoms with van der Waals surface area (Å²) in [5.74, 6) is -1.78. The molecule has 1 aromatic carbocycles. The standard InChI is InChI=1S/C23H31N3O5/c1-3-15(2)18-6-4-5-7-19(18)26-13-17(12-20(26)27)23(30)31-14-21(28)25-10-8-16(9-11-25)22(24)29/h4-7,15-17H,3,8-14H2,1-2H3,(H2,24,29)/t15-,17-/m1/s1. The number of primary amides is 1. The predicted molar refractivity (Wildman–Crippen MR) is 115 cm³/mol. The number of nitrogens with two attached hydrogens (primary N) is 1. The van der Waals surface area contributed by atoms with Gasteiger partial charge >= 0.3 is 5.97 Å². The van der Waals surface area contributed by atoms with Gasteiger partial charge in [0.15, 0.2) is 6.61 Å². The van der Waals surface area contributed by atoms with E-state index in [2.05, 4.69) is 13.8 Å². The maximum absolute atomic E-state index is 12.6. The van der Waals surface area contributed by atoms with Gasteiger partial charge in [0.05, 0.1) is 5.92 Å². The first kappa shape index (κ1) is 22.8. The molecule has 2 heterocycles. The van der Waals surface area contributed by atoms with Crippen molar-refractivity contribution in [3.63, 3.8) is 0 Å². The molecule has 0 aromatic heterocycles. The van der Waals surface area contributed by atoms with Crippen LogP contribution < -0.4 is 10.6 Å². The Hall–Kier alpha value is -2.90. The summed E-state index contributed by atoms with van der Waals surface area (Å²) in [6.07, 6.45) is 2.07. The number of para-hydroxylation sites is 1. The van der Waals surface area contributed by atoms with Crippen LogP contribution in [-0.2, 0) is 23.9 Å². The Bertz CT molecular complexity index is 847. The second-order valence-corrected chi connectivity index (χ2v) is 8.44. The molecule has 0 unspecified atom stereocenters. The highest BCUT2D eigenvalue weighted by Gasteiger charge is 2.37. The van der Waals surface area contributed by atoms with E-state index < -0.39 is 11.9 Å². The lowest BCUT2D eigenvalue weighted by Crippen LogP contribution is -2.43. The van der Waals surface area contributed by atoms with E-state index in [0.29, 0.717) is 31.8 Å². The summed E-state index contributed by atoms with van der Waals surface area (Å²) in [5, 5.41) is 0. The van der Waals surface area contributed by atoms with Gasteiger partial charge in [0.25, 0.3) is 5.91 Å². The van der Waals surface area contributed by atoms with Crippen LogP contribution in [0.25, 0.3) is 0 Å². The van der Waals surface area contributed by atoms with Gasteiger partial charge in [-0.15, -0.1) is 0 Å². The number of carbonyl (C=O) groups is 4. The summed E-state index contributed by atoms with van der Waals surface area (Å²) in [6.45, 7) is 4.96. The third-order valence-electron chi connectivity index (χ3n) is 6.42. The SMILES string of the molecule is CC[C@@H](C)c1ccccc1N1C[C@H](C(=O)OCC(=O)N2CCC(C(N)=O)CC2)CC1=O. The highest BCUT2D eigenvalue weighted by atomic mass is 16.5. The van der Waals surface area contributed by atoms with E-state index >= 15 is 0 Å². The van der Waals surface area contributed by atoms with Crippen molar-refractivity contribution in [1.82, 2.24) is 4.90 Å². The first-order valence-electron chi connectivity index (χ1n) is 10.9. The van der Waals surface area contributed by atoms with Crippen LogP contribution in [-0.4, -0.2) is 54.8 Å². The molecule has 0 saturated carbocycles. The number of benzene rings is 1. The van der Waals surface area contributed by atoms with Crippen molar-refractivity contribution in [2.45, 2.75) is 45.4 Å². The van der Waals surface area contributed by atoms with Gasteiger partial charge in [-0.1, -0.05) is 32.0 Å². The van der Waals surface area contributed by atoms with Crippen LogP contribution in [0.1, 0.15) is 51.0 Å². The fourth-order valence-electron chi connectivity index (χ4n) is 4.22. The Morgan fingerprint density at radius 2 is 1.84 bits per heavy atom. The average Bonchev–Trinajstić information content (AvgIpc) is 3.18. The van der Waals surface area contributed by atoms with E-state index in [-0.39, 0.29) is 43.2 Å². The van der Waals surface area contributed by atoms with Crippen molar-refractivity contribution in [1.29, 1.82) is 0 Å². The van der Waals surface area contributed by atoms with E-state index in [1.54, 1.807) is 9.80 Å². The quantitative estimate of drug-likeness (QED) is 0.665. The Kier molecular flexibility index (Phi) is 7.30. The first-order valence-corrected chi connectivity index (χ1v) is 10.9. The van der Waals surface area contributed by atoms with E-state index in [1.807, 2.05) is 24.3 Å². The lowest BCUT2D eigenvalue weighted by atomic mass is 9.96. The minimum atomic E-state index is -0.592. The van der Waals surface area contributed by atoms with Crippen molar-refractivity contribution >= 4 is 29.4 Å². The summed E-state index contributed by atoms with van der Waals surface area (Å²) in [7, 11) is 0. The first-order chi connectivity index (χ1) is 14.8. The molecule has 0 radical (unpaired) electrons. The summed E-state index contributed by atoms with van der Waals surface area (Å²) in [6, 6.07) is 7.77. The van der Waals surface area contributed by atoms with Gasteiger partial charge in [0, 0.05) is 37.7 Å². The largest absolute Gasteiger partial charge is 0.455 e. The number of ether oxygens (including phenoxy) is 1. The zero-order valence-corrected chi connectivity index (χ0v) is 18.2. The molecule has 2 saturated heterocycles. The number of rotatable bonds is 7. The fourth-order valence-corrected chi connectivity index (χ4v) is 4.22. The summed E-state index contributed by atoms with van der Waals surface area (Å²) >= 11 is 0. The molecule has 2 aliphatic rings. The number of esters is 1. The van der Waals surface area contributed by atoms with Crippen molar-refractivity contribution in [2.75, 3.05) is 31.1 Å². The Balaban J connectivity index is 1.54. The van der Waals surface area contributed by atoms with Crippen molar-refractivity contribution < 1.29 is 23.9 Å². The van der Waals surface area contributed by atoms with Crippen molar-refractivity contribution in [3.8, 4) is 0 Å². The number of nitrogens with zero attached hydrogens (tertiary/aromatic N) is 2. The minimum Gasteiger partial charge on any atom is -0.455 e. The van der Waals surface area contributed by atoms with Crippen molar-refractivity contribution in [2.24, 2.45) is 17.6 Å². The molecule has 8 heteroatoms. The molecular weight excluding hydrogens is 398 g/mol. The number of carbonyl (C=O) groups excluding carboxylic acids is 4. The van der Waals surface area contributed by atoms with Crippen LogP contribution in [0.15, 0.2) is 24.3 Å². The number of anilines is 1. The summed E-state index contributed by atoms with van der Waals surface area (Å²) in [4.78, 5) is 52.0. The van der Waals surface area contributed by atoms with E-state index in [9.17, 15) is 19.2 Å². The molecule has 3 amide bonds. The molecular formula is C23H31N3O5. The topological polar surface area (TPSA) is 110 Å². The lowest BCUT2D eigenvalue weighted by molar-refractivity contribution is -0.155. The number of piperidine rings is 1. The summed E-state index contributed by atoms with van der Waals surface area (Å²) < 4.78 is 5.25. The molecule has 0 spiro atoms. The molecule has 0 aliphatic carbocycles. The van der Waals surface area contributed by atoms with E-state index in [1.165, 1.54) is 0 Å². The molecule has 168 valence electrons. The zero-order valence-electron chi connectivity index (χ0n) is 18.2. The number of likely N-dealkylation sites (tertiary alicyclic amines) is 1. The molecule has 3 rings (SSSR count). The zero-order chi connectivity index (χ0) is 22.5. The van der Waals surface area contributed by atoms with E-state index in [0.717, 1.165) is 17.7 Å². The van der Waals surface area contributed by atoms with Gasteiger partial charge in [-0.3, -0.25) is 19.2 Å². The van der Waals surface area contributed by atoms with Crippen LogP contribution >= 0.6 is 0 Å². The molecule has 0 bridgehead atoms. The highest BCUT2D eigenvalue weighted by Crippen LogP contribution is 2.33. The Morgan fingerprint density at radius 1 is 1.16 bits per heavy atom. The monoisotopic (exact) mass is 429 g/mol. The second kappa shape index (κ2) is 9.94. The Labute approximate surface area is 182 Å². The molecule has 2 N–H and O–H groups in total. The average molecular weight is 430 g/mol. The molecule has 2 aliphatic heterocycles. The normalized spacial score (nSPS) is 20.6. The van der Waals surface area contributed by atoms with Crippen LogP contribution in [0.3, 0.4) is 0 Å². The van der Waals surface area contributed by atoms with Gasteiger partial charge in [-0.25, -0.2) is 0 Å². The number of amides is 3. The minimum absolute atomic E-state index is 0.0753. The highest BCUT2D eigenvalue weighted by molar-refractivity contribution is 6.00. The van der Waals surface area contributed by atoms with Gasteiger partial charge in [0.1, 0.15) is 0 Å². The van der Waals surface area contributed by atoms with Crippen LogP contribution in [0.4, 0.5) is 5.69 Å². The predicted octanol–water partition coefficient (Wildman–Crippen LogP) is 1.82. The van der Waals surface area contributed by atoms with Crippen molar-refractivity contribution in [3.05, 3.63) is 29.8 Å². The van der Waals surface area contributed by atoms with Crippen LogP contribution in [0.2, 0.25) is 0 Å². The summed E-state index contributed by atoms with van der Waals surface area (Å²) in [5.41, 5.74) is 7.24. The van der Waals surface area contributed by atoms with E-state index in [4.69, 9.17) is 10.5 Å². The molecule has 8 nitrogen and oxygen atoms in total. The molecule has 1 aromatic rings. The smallest absolute Gasteiger partial charge is 0.311 e. The number of hydrogen-bond acceptors (Lipinski definition) is 5. The fraction of sp³-hybridized carbons (Fsp3) is 0.565. The third-order valence-corrected chi connectivity index (χ3v) is 6.42. The number of hydrogen-bond donors (Lipinski definition) is 1. The maximum Gasteiger partial charge on any atom is 0.311 e. The van der Waals surface area contributed by atoms with Gasteiger partial charge < -0.3 is 20.3 Å². The molecule has 31 heavy (non-hydrogen) atoms. The molecule has 2 atom stereocenters. The third kappa shape index (κ3) is 5.24. The lowest BCUT2D eigenvalue weighted by Gasteiger charge is -2.30. The Morgan fingerprint density at radius 3 is 2.48 bits per heavy atom. The van der Waals surface area contributed by atoms with Gasteiger partial charge in [-0.2, -0.15) is 0 Å². The maximum atomic E-state index is 12.6. The molecule has 2 fully saturated rings. The second-order valence-electron chi connectivity index (χ2n) is 8.44. The van der Waals surface area contributed by atoms with Crippen LogP contribution in [0.5, 0.6) is 0 Å². The van der Waals surface area contributed by atoms with Gasteiger partial charge in [-0.05, 0) is 36.8 Å².